The lowest BCUT2D eigenvalue weighted by Gasteiger charge is -2.10. The number of nitrogens with two attached hydrogens (primary N) is 1. The van der Waals surface area contributed by atoms with Crippen molar-refractivity contribution < 1.29 is 9.84 Å². The molecule has 0 radical (unpaired) electrons. The summed E-state index contributed by atoms with van der Waals surface area (Å²) < 4.78 is 6.85. The van der Waals surface area contributed by atoms with Gasteiger partial charge in [-0.3, -0.25) is 0 Å². The normalized spacial score (nSPS) is 10.5. The van der Waals surface area contributed by atoms with Crippen LogP contribution in [0.25, 0.3) is 5.69 Å². The molecule has 102 valence electrons. The third kappa shape index (κ3) is 2.63. The fraction of sp³-hybridized carbons (Fsp3) is 0.308. The van der Waals surface area contributed by atoms with Crippen LogP contribution in [0.5, 0.6) is 5.75 Å². The van der Waals surface area contributed by atoms with Crippen molar-refractivity contribution in [3.63, 3.8) is 0 Å². The van der Waals surface area contributed by atoms with E-state index in [4.69, 9.17) is 15.6 Å². The van der Waals surface area contributed by atoms with E-state index < -0.39 is 0 Å². The maximum Gasteiger partial charge on any atom is 0.153 e. The highest BCUT2D eigenvalue weighted by atomic mass is 16.5. The molecule has 19 heavy (non-hydrogen) atoms. The molecular formula is C13H18N4O2. The van der Waals surface area contributed by atoms with E-state index in [0.717, 1.165) is 17.1 Å². The van der Waals surface area contributed by atoms with E-state index in [1.165, 1.54) is 0 Å². The Labute approximate surface area is 111 Å². The van der Waals surface area contributed by atoms with Crippen LogP contribution in [0.2, 0.25) is 0 Å². The number of ether oxygens (including phenoxy) is 1. The molecule has 1 aromatic carbocycles. The Morgan fingerprint density at radius 1 is 1.37 bits per heavy atom. The zero-order valence-electron chi connectivity index (χ0n) is 11.1. The number of rotatable bonds is 5. The van der Waals surface area contributed by atoms with Gasteiger partial charge in [0.1, 0.15) is 5.75 Å². The van der Waals surface area contributed by atoms with Crippen LogP contribution >= 0.6 is 0 Å². The van der Waals surface area contributed by atoms with Gasteiger partial charge >= 0.3 is 0 Å². The number of nitrogen functional groups attached to an aromatic ring is 1. The Morgan fingerprint density at radius 3 is 2.63 bits per heavy atom. The Morgan fingerprint density at radius 2 is 2.05 bits per heavy atom. The van der Waals surface area contributed by atoms with Gasteiger partial charge in [0.25, 0.3) is 0 Å². The third-order valence-electron chi connectivity index (χ3n) is 2.83. The summed E-state index contributed by atoms with van der Waals surface area (Å²) in [6.07, 6.45) is 0. The number of hydrogen-bond acceptors (Lipinski definition) is 5. The molecular weight excluding hydrogens is 244 g/mol. The van der Waals surface area contributed by atoms with Crippen molar-refractivity contribution in [3.8, 4) is 11.4 Å². The average molecular weight is 262 g/mol. The van der Waals surface area contributed by atoms with Crippen LogP contribution in [0.1, 0.15) is 5.69 Å². The van der Waals surface area contributed by atoms with Gasteiger partial charge in [0.15, 0.2) is 5.82 Å². The number of nitrogens with zero attached hydrogens (tertiary/aromatic N) is 2. The number of anilines is 2. The highest BCUT2D eigenvalue weighted by molar-refractivity contribution is 5.67. The molecule has 0 atom stereocenters. The predicted octanol–water partition coefficient (Wildman–Crippen LogP) is 1.18. The van der Waals surface area contributed by atoms with Gasteiger partial charge in [-0.05, 0) is 31.2 Å². The molecule has 6 heteroatoms. The van der Waals surface area contributed by atoms with E-state index >= 15 is 0 Å². The predicted molar refractivity (Wildman–Crippen MR) is 74.8 cm³/mol. The van der Waals surface area contributed by atoms with Crippen LogP contribution < -0.4 is 15.8 Å². The molecule has 6 nitrogen and oxygen atoms in total. The molecule has 0 unspecified atom stereocenters. The van der Waals surface area contributed by atoms with Gasteiger partial charge in [0.2, 0.25) is 0 Å². The van der Waals surface area contributed by atoms with Crippen molar-refractivity contribution in [2.45, 2.75) is 6.92 Å². The molecule has 1 aromatic heterocycles. The minimum Gasteiger partial charge on any atom is -0.497 e. The molecule has 1 heterocycles. The first-order chi connectivity index (χ1) is 9.17. The maximum absolute atomic E-state index is 8.91. The zero-order chi connectivity index (χ0) is 13.8. The fourth-order valence-corrected chi connectivity index (χ4v) is 1.79. The molecule has 0 saturated carbocycles. The van der Waals surface area contributed by atoms with Gasteiger partial charge in [0.05, 0.1) is 30.8 Å². The number of methoxy groups -OCH3 is 1. The summed E-state index contributed by atoms with van der Waals surface area (Å²) in [5, 5.41) is 16.4. The monoisotopic (exact) mass is 262 g/mol. The lowest BCUT2D eigenvalue weighted by atomic mass is 10.3. The Bertz CT molecular complexity index is 549. The van der Waals surface area contributed by atoms with Gasteiger partial charge in [-0.15, -0.1) is 0 Å². The van der Waals surface area contributed by atoms with Crippen LogP contribution in [0.15, 0.2) is 24.3 Å². The number of hydrogen-bond donors (Lipinski definition) is 3. The zero-order valence-corrected chi connectivity index (χ0v) is 11.1. The van der Waals surface area contributed by atoms with E-state index in [1.54, 1.807) is 11.8 Å². The van der Waals surface area contributed by atoms with Gasteiger partial charge < -0.3 is 20.9 Å². The standard InChI is InChI=1S/C13H18N4O2/c1-9-12(14)13(15-7-8-18)17(16-9)10-3-5-11(19-2)6-4-10/h3-6,15,18H,7-8,14H2,1-2H3. The minimum atomic E-state index is 0.0340. The number of aryl methyl sites for hydroxylation is 1. The summed E-state index contributed by atoms with van der Waals surface area (Å²) in [5.74, 6) is 1.47. The van der Waals surface area contributed by atoms with E-state index in [9.17, 15) is 0 Å². The Hall–Kier alpha value is -2.21. The number of aliphatic hydroxyl groups excluding tert-OH is 1. The van der Waals surface area contributed by atoms with Crippen molar-refractivity contribution in [2.24, 2.45) is 0 Å². The van der Waals surface area contributed by atoms with Crippen molar-refractivity contribution in [3.05, 3.63) is 30.0 Å². The second kappa shape index (κ2) is 5.62. The van der Waals surface area contributed by atoms with Gasteiger partial charge in [-0.1, -0.05) is 0 Å². The summed E-state index contributed by atoms with van der Waals surface area (Å²) in [7, 11) is 1.62. The maximum atomic E-state index is 8.91. The third-order valence-corrected chi connectivity index (χ3v) is 2.83. The van der Waals surface area contributed by atoms with Crippen LogP contribution in [0, 0.1) is 6.92 Å². The molecule has 4 N–H and O–H groups in total. The summed E-state index contributed by atoms with van der Waals surface area (Å²) in [6.45, 7) is 2.30. The first-order valence-electron chi connectivity index (χ1n) is 6.01. The van der Waals surface area contributed by atoms with E-state index in [1.807, 2.05) is 31.2 Å². The molecule has 0 spiro atoms. The van der Waals surface area contributed by atoms with Gasteiger partial charge in [-0.2, -0.15) is 5.10 Å². The molecule has 2 rings (SSSR count). The lowest BCUT2D eigenvalue weighted by molar-refractivity contribution is 0.311. The summed E-state index contributed by atoms with van der Waals surface area (Å²) >= 11 is 0. The Kier molecular flexibility index (Phi) is 3.91. The highest BCUT2D eigenvalue weighted by Gasteiger charge is 2.13. The van der Waals surface area contributed by atoms with Crippen molar-refractivity contribution in [2.75, 3.05) is 31.3 Å². The van der Waals surface area contributed by atoms with Crippen molar-refractivity contribution in [1.29, 1.82) is 0 Å². The van der Waals surface area contributed by atoms with Crippen molar-refractivity contribution >= 4 is 11.5 Å². The number of nitrogens with one attached hydrogen (secondary N) is 1. The van der Waals surface area contributed by atoms with E-state index in [2.05, 4.69) is 10.4 Å². The number of aliphatic hydroxyl groups is 1. The molecule has 2 aromatic rings. The van der Waals surface area contributed by atoms with Crippen molar-refractivity contribution in [1.82, 2.24) is 9.78 Å². The molecule has 0 saturated heterocycles. The fourth-order valence-electron chi connectivity index (χ4n) is 1.79. The molecule has 0 fully saturated rings. The first-order valence-corrected chi connectivity index (χ1v) is 6.01. The SMILES string of the molecule is COc1ccc(-n2nc(C)c(N)c2NCCO)cc1. The van der Waals surface area contributed by atoms with E-state index in [-0.39, 0.29) is 6.61 Å². The second-order valence-corrected chi connectivity index (χ2v) is 4.11. The first kappa shape index (κ1) is 13.2. The molecule has 0 bridgehead atoms. The summed E-state index contributed by atoms with van der Waals surface area (Å²) in [5.41, 5.74) is 8.20. The number of aromatic nitrogens is 2. The highest BCUT2D eigenvalue weighted by Crippen LogP contribution is 2.26. The van der Waals surface area contributed by atoms with Crippen LogP contribution in [-0.2, 0) is 0 Å². The minimum absolute atomic E-state index is 0.0340. The quantitative estimate of drug-likeness (QED) is 0.753. The molecule has 0 amide bonds. The smallest absolute Gasteiger partial charge is 0.153 e. The largest absolute Gasteiger partial charge is 0.497 e. The van der Waals surface area contributed by atoms with E-state index in [0.29, 0.717) is 18.1 Å². The summed E-state index contributed by atoms with van der Waals surface area (Å²) in [6, 6.07) is 7.51. The number of benzene rings is 1. The Balaban J connectivity index is 2.39. The molecule has 0 aliphatic carbocycles. The van der Waals surface area contributed by atoms with Crippen LogP contribution in [-0.4, -0.2) is 35.1 Å². The topological polar surface area (TPSA) is 85.3 Å². The van der Waals surface area contributed by atoms with Gasteiger partial charge in [-0.25, -0.2) is 4.68 Å². The second-order valence-electron chi connectivity index (χ2n) is 4.11. The lowest BCUT2D eigenvalue weighted by Crippen LogP contribution is -2.11. The summed E-state index contributed by atoms with van der Waals surface area (Å²) in [4.78, 5) is 0. The van der Waals surface area contributed by atoms with Crippen LogP contribution in [0.4, 0.5) is 11.5 Å². The average Bonchev–Trinajstić information content (AvgIpc) is 2.73. The van der Waals surface area contributed by atoms with Gasteiger partial charge in [0, 0.05) is 6.54 Å². The molecule has 0 aliphatic rings. The van der Waals surface area contributed by atoms with Crippen LogP contribution in [0.3, 0.4) is 0 Å². The molecule has 0 aliphatic heterocycles.